The summed E-state index contributed by atoms with van der Waals surface area (Å²) >= 11 is 0. The zero-order valence-electron chi connectivity index (χ0n) is 17.5. The molecule has 2 nitrogen and oxygen atoms in total. The lowest BCUT2D eigenvalue weighted by Crippen LogP contribution is -2.22. The molecule has 1 N–H and O–H groups in total. The van der Waals surface area contributed by atoms with Gasteiger partial charge in [0, 0.05) is 36.6 Å². The standard InChI is InChI=1S/C25H32N2/c1-24(2,19-13-7-9-15-21(19)26-5)18-12-11-17-23-25(3,4)20-14-8-10-16-22(20)27(23)6/h7-17,26H,18H2,1-6H3/b12-11+,23-17-. The van der Waals surface area contributed by atoms with E-state index in [0.29, 0.717) is 0 Å². The van der Waals surface area contributed by atoms with Gasteiger partial charge in [0.25, 0.3) is 0 Å². The molecule has 1 aliphatic heterocycles. The number of nitrogens with zero attached hydrogens (tertiary/aromatic N) is 1. The molecule has 2 heteroatoms. The molecule has 142 valence electrons. The van der Waals surface area contributed by atoms with Crippen molar-refractivity contribution >= 4 is 11.4 Å². The number of likely N-dealkylation sites (N-methyl/N-ethyl adjacent to an activating group) is 1. The van der Waals surface area contributed by atoms with Crippen molar-refractivity contribution in [3.8, 4) is 0 Å². The Kier molecular flexibility index (Phi) is 5.19. The van der Waals surface area contributed by atoms with E-state index in [9.17, 15) is 0 Å². The zero-order chi connectivity index (χ0) is 19.7. The van der Waals surface area contributed by atoms with Gasteiger partial charge >= 0.3 is 0 Å². The van der Waals surface area contributed by atoms with Gasteiger partial charge in [-0.15, -0.1) is 0 Å². The van der Waals surface area contributed by atoms with Gasteiger partial charge in [-0.3, -0.25) is 0 Å². The van der Waals surface area contributed by atoms with E-state index in [1.165, 1.54) is 28.2 Å². The fourth-order valence-corrected chi connectivity index (χ4v) is 4.22. The molecular weight excluding hydrogens is 328 g/mol. The molecule has 0 radical (unpaired) electrons. The van der Waals surface area contributed by atoms with Crippen LogP contribution in [0.4, 0.5) is 11.4 Å². The average Bonchev–Trinajstić information content (AvgIpc) is 2.85. The first-order chi connectivity index (χ1) is 12.8. The summed E-state index contributed by atoms with van der Waals surface area (Å²) in [5.74, 6) is 0. The number of fused-ring (bicyclic) bond motifs is 1. The van der Waals surface area contributed by atoms with Crippen molar-refractivity contribution < 1.29 is 0 Å². The molecule has 0 fully saturated rings. The molecule has 1 aliphatic rings. The Balaban J connectivity index is 1.79. The molecule has 2 aromatic rings. The lowest BCUT2D eigenvalue weighted by atomic mass is 9.80. The monoisotopic (exact) mass is 360 g/mol. The molecular formula is C25H32N2. The minimum Gasteiger partial charge on any atom is -0.388 e. The van der Waals surface area contributed by atoms with E-state index >= 15 is 0 Å². The Morgan fingerprint density at radius 3 is 2.41 bits per heavy atom. The number of hydrogen-bond donors (Lipinski definition) is 1. The predicted molar refractivity (Wildman–Crippen MR) is 119 cm³/mol. The van der Waals surface area contributed by atoms with Crippen molar-refractivity contribution in [2.45, 2.75) is 44.9 Å². The van der Waals surface area contributed by atoms with Crippen molar-refractivity contribution in [1.29, 1.82) is 0 Å². The van der Waals surface area contributed by atoms with Gasteiger partial charge in [0.1, 0.15) is 0 Å². The predicted octanol–water partition coefficient (Wildman–Crippen LogP) is 6.26. The second kappa shape index (κ2) is 7.26. The van der Waals surface area contributed by atoms with E-state index in [2.05, 4.69) is 112 Å². The number of nitrogens with one attached hydrogen (secondary N) is 1. The number of rotatable bonds is 5. The fourth-order valence-electron chi connectivity index (χ4n) is 4.22. The largest absolute Gasteiger partial charge is 0.388 e. The summed E-state index contributed by atoms with van der Waals surface area (Å²) in [4.78, 5) is 2.32. The molecule has 1 heterocycles. The minimum absolute atomic E-state index is 0.0317. The Hall–Kier alpha value is -2.48. The molecule has 3 rings (SSSR count). The van der Waals surface area contributed by atoms with Crippen molar-refractivity contribution in [2.75, 3.05) is 24.3 Å². The first kappa shape index (κ1) is 19.3. The minimum atomic E-state index is 0.0317. The van der Waals surface area contributed by atoms with Crippen LogP contribution in [0, 0.1) is 0 Å². The van der Waals surface area contributed by atoms with Gasteiger partial charge in [-0.25, -0.2) is 0 Å². The van der Waals surface area contributed by atoms with E-state index in [0.717, 1.165) is 6.42 Å². The third kappa shape index (κ3) is 3.53. The molecule has 0 aliphatic carbocycles. The maximum absolute atomic E-state index is 3.32. The molecule has 0 saturated heterocycles. The fraction of sp³-hybridized carbons (Fsp3) is 0.360. The van der Waals surface area contributed by atoms with Crippen molar-refractivity contribution in [3.05, 3.63) is 83.6 Å². The Bertz CT molecular complexity index is 871. The Morgan fingerprint density at radius 2 is 1.70 bits per heavy atom. The summed E-state index contributed by atoms with van der Waals surface area (Å²) in [6, 6.07) is 17.3. The van der Waals surface area contributed by atoms with Crippen molar-refractivity contribution in [2.24, 2.45) is 0 Å². The molecule has 0 amide bonds. The Labute approximate surface area is 164 Å². The van der Waals surface area contributed by atoms with Gasteiger partial charge in [0.2, 0.25) is 0 Å². The highest BCUT2D eigenvalue weighted by Crippen LogP contribution is 2.46. The third-order valence-corrected chi connectivity index (χ3v) is 5.88. The highest BCUT2D eigenvalue weighted by molar-refractivity contribution is 5.70. The summed E-state index contributed by atoms with van der Waals surface area (Å²) in [5, 5.41) is 3.32. The highest BCUT2D eigenvalue weighted by Gasteiger charge is 2.37. The number of benzene rings is 2. The van der Waals surface area contributed by atoms with Crippen LogP contribution in [0.5, 0.6) is 0 Å². The smallest absolute Gasteiger partial charge is 0.0447 e. The summed E-state index contributed by atoms with van der Waals surface area (Å²) in [5.41, 5.74) is 6.73. The molecule has 2 aromatic carbocycles. The van der Waals surface area contributed by atoms with E-state index in [4.69, 9.17) is 0 Å². The normalized spacial score (nSPS) is 17.6. The van der Waals surface area contributed by atoms with Gasteiger partial charge in [-0.05, 0) is 41.2 Å². The average molecular weight is 361 g/mol. The van der Waals surface area contributed by atoms with Crippen LogP contribution < -0.4 is 10.2 Å². The number of allylic oxidation sites excluding steroid dienone is 4. The Morgan fingerprint density at radius 1 is 1.04 bits per heavy atom. The van der Waals surface area contributed by atoms with Crippen molar-refractivity contribution in [1.82, 2.24) is 0 Å². The van der Waals surface area contributed by atoms with Crippen LogP contribution in [0.3, 0.4) is 0 Å². The van der Waals surface area contributed by atoms with E-state index < -0.39 is 0 Å². The molecule has 0 saturated carbocycles. The summed E-state index contributed by atoms with van der Waals surface area (Å²) in [6.07, 6.45) is 7.79. The van der Waals surface area contributed by atoms with Crippen LogP contribution >= 0.6 is 0 Å². The first-order valence-electron chi connectivity index (χ1n) is 9.77. The topological polar surface area (TPSA) is 15.3 Å². The molecule has 0 atom stereocenters. The molecule has 27 heavy (non-hydrogen) atoms. The maximum atomic E-state index is 3.32. The van der Waals surface area contributed by atoms with E-state index in [-0.39, 0.29) is 10.8 Å². The van der Waals surface area contributed by atoms with Crippen LogP contribution in [0.15, 0.2) is 72.5 Å². The third-order valence-electron chi connectivity index (χ3n) is 5.88. The quantitative estimate of drug-likeness (QED) is 0.676. The van der Waals surface area contributed by atoms with Crippen LogP contribution in [-0.4, -0.2) is 14.1 Å². The van der Waals surface area contributed by atoms with Gasteiger partial charge < -0.3 is 10.2 Å². The summed E-state index contributed by atoms with van der Waals surface area (Å²) < 4.78 is 0. The van der Waals surface area contributed by atoms with E-state index in [1.54, 1.807) is 0 Å². The SMILES string of the molecule is CNc1ccccc1C(C)(C)C/C=C/C=C1\N(C)c2ccccc2C1(C)C. The number of hydrogen-bond acceptors (Lipinski definition) is 2. The summed E-state index contributed by atoms with van der Waals surface area (Å²) in [7, 11) is 4.16. The molecule has 0 aromatic heterocycles. The van der Waals surface area contributed by atoms with Gasteiger partial charge in [-0.2, -0.15) is 0 Å². The zero-order valence-corrected chi connectivity index (χ0v) is 17.5. The van der Waals surface area contributed by atoms with Crippen LogP contribution in [0.2, 0.25) is 0 Å². The van der Waals surface area contributed by atoms with Crippen molar-refractivity contribution in [3.63, 3.8) is 0 Å². The van der Waals surface area contributed by atoms with Crippen LogP contribution in [-0.2, 0) is 10.8 Å². The number of para-hydroxylation sites is 2. The summed E-state index contributed by atoms with van der Waals surface area (Å²) in [6.45, 7) is 9.23. The van der Waals surface area contributed by atoms with Gasteiger partial charge in [0.15, 0.2) is 0 Å². The van der Waals surface area contributed by atoms with E-state index in [1.807, 2.05) is 7.05 Å². The molecule has 0 unspecified atom stereocenters. The second-order valence-electron chi connectivity index (χ2n) is 8.56. The van der Waals surface area contributed by atoms with Gasteiger partial charge in [0.05, 0.1) is 0 Å². The van der Waals surface area contributed by atoms with Crippen LogP contribution in [0.25, 0.3) is 0 Å². The van der Waals surface area contributed by atoms with Gasteiger partial charge in [-0.1, -0.05) is 76.2 Å². The van der Waals surface area contributed by atoms with Crippen LogP contribution in [0.1, 0.15) is 45.2 Å². The number of anilines is 2. The lowest BCUT2D eigenvalue weighted by Gasteiger charge is -2.26. The molecule has 0 bridgehead atoms. The second-order valence-corrected chi connectivity index (χ2v) is 8.56. The molecule has 0 spiro atoms. The highest BCUT2D eigenvalue weighted by atomic mass is 15.2. The maximum Gasteiger partial charge on any atom is 0.0447 e. The first-order valence-corrected chi connectivity index (χ1v) is 9.77. The lowest BCUT2D eigenvalue weighted by molar-refractivity contribution is 0.535.